The first kappa shape index (κ1) is 14.3. The van der Waals surface area contributed by atoms with Gasteiger partial charge in [-0.3, -0.25) is 0 Å². The summed E-state index contributed by atoms with van der Waals surface area (Å²) in [5.41, 5.74) is 1.11. The minimum absolute atomic E-state index is 0.175. The lowest BCUT2D eigenvalue weighted by molar-refractivity contribution is -0.485. The number of imidazole rings is 1. The number of nitrogens with one attached hydrogen (secondary N) is 3. The third-order valence-electron chi connectivity index (χ3n) is 2.03. The van der Waals surface area contributed by atoms with E-state index < -0.39 is 5.03 Å². The highest BCUT2D eigenvalue weighted by Crippen LogP contribution is 2.03. The molecule has 0 aliphatic heterocycles. The predicted molar refractivity (Wildman–Crippen MR) is 71.1 cm³/mol. The lowest BCUT2D eigenvalue weighted by atomic mass is 10.4. The largest absolute Gasteiger partial charge is 0.354 e. The number of H-pyrrole nitrogens is 1. The van der Waals surface area contributed by atoms with Crippen molar-refractivity contribution in [1.82, 2.24) is 20.6 Å². The summed E-state index contributed by atoms with van der Waals surface area (Å²) in [6, 6.07) is 0. The highest BCUT2D eigenvalue weighted by atomic mass is 32.2. The fourth-order valence-electron chi connectivity index (χ4n) is 1.20. The number of hydrogen-bond acceptors (Lipinski definition) is 4. The van der Waals surface area contributed by atoms with Gasteiger partial charge < -0.3 is 15.6 Å². The van der Waals surface area contributed by atoms with Crippen molar-refractivity contribution < 1.29 is 5.03 Å². The van der Waals surface area contributed by atoms with Crippen LogP contribution in [0.25, 0.3) is 0 Å². The highest BCUT2D eigenvalue weighted by molar-refractivity contribution is 7.99. The van der Waals surface area contributed by atoms with Crippen LogP contribution in [0.2, 0.25) is 0 Å². The number of hydrazone groups is 1. The Balaban J connectivity index is 2.06. The molecule has 18 heavy (non-hydrogen) atoms. The Labute approximate surface area is 109 Å². The molecule has 1 aromatic rings. The van der Waals surface area contributed by atoms with Crippen molar-refractivity contribution in [1.29, 1.82) is 0 Å². The average molecular weight is 272 g/mol. The number of aromatic nitrogens is 2. The molecule has 1 rings (SSSR count). The Morgan fingerprint density at radius 3 is 3.11 bits per heavy atom. The second-order valence-electron chi connectivity index (χ2n) is 3.30. The van der Waals surface area contributed by atoms with Crippen LogP contribution in [0.1, 0.15) is 5.69 Å². The summed E-state index contributed by atoms with van der Waals surface area (Å²) in [5, 5.41) is 18.0. The van der Waals surface area contributed by atoms with Gasteiger partial charge in [0.1, 0.15) is 5.10 Å². The van der Waals surface area contributed by atoms with Crippen LogP contribution in [0.15, 0.2) is 17.6 Å². The Morgan fingerprint density at radius 1 is 1.67 bits per heavy atom. The molecule has 0 atom stereocenters. The summed E-state index contributed by atoms with van der Waals surface area (Å²) in [4.78, 5) is 17.1. The summed E-state index contributed by atoms with van der Waals surface area (Å²) < 4.78 is 0. The molecule has 1 aromatic heterocycles. The Hall–Kier alpha value is -1.77. The van der Waals surface area contributed by atoms with Crippen molar-refractivity contribution in [3.8, 4) is 0 Å². The SMILES string of the molecule is CNC(=N[N+](=O)[O-])NCCSCCc1cnc[nH]1. The molecule has 0 radical (unpaired) electrons. The maximum absolute atomic E-state index is 10.2. The lowest BCUT2D eigenvalue weighted by Gasteiger charge is -2.05. The molecule has 0 aliphatic rings. The van der Waals surface area contributed by atoms with Gasteiger partial charge in [-0.15, -0.1) is 0 Å². The molecule has 0 amide bonds. The van der Waals surface area contributed by atoms with Gasteiger partial charge >= 0.3 is 0 Å². The van der Waals surface area contributed by atoms with Crippen LogP contribution in [0.3, 0.4) is 0 Å². The molecule has 1 heterocycles. The van der Waals surface area contributed by atoms with Gasteiger partial charge in [-0.2, -0.15) is 11.8 Å². The number of aromatic amines is 1. The van der Waals surface area contributed by atoms with Gasteiger partial charge in [-0.1, -0.05) is 0 Å². The van der Waals surface area contributed by atoms with Crippen molar-refractivity contribution in [2.45, 2.75) is 6.42 Å². The van der Waals surface area contributed by atoms with Crippen LogP contribution in [0.4, 0.5) is 0 Å². The Morgan fingerprint density at radius 2 is 2.50 bits per heavy atom. The molecule has 0 saturated heterocycles. The molecular formula is C9H16N6O2S. The van der Waals surface area contributed by atoms with Crippen LogP contribution < -0.4 is 10.6 Å². The lowest BCUT2D eigenvalue weighted by Crippen LogP contribution is -2.36. The quantitative estimate of drug-likeness (QED) is 0.213. The predicted octanol–water partition coefficient (Wildman–Crippen LogP) is 0.0421. The third-order valence-corrected chi connectivity index (χ3v) is 3.01. The highest BCUT2D eigenvalue weighted by Gasteiger charge is 2.01. The van der Waals surface area contributed by atoms with Gasteiger partial charge in [0.25, 0.3) is 5.96 Å². The maximum Gasteiger partial charge on any atom is 0.268 e. The number of nitro groups is 1. The zero-order valence-corrected chi connectivity index (χ0v) is 10.9. The Kier molecular flexibility index (Phi) is 6.62. The van der Waals surface area contributed by atoms with Gasteiger partial charge in [0.2, 0.25) is 0 Å². The van der Waals surface area contributed by atoms with E-state index in [0.29, 0.717) is 6.54 Å². The number of aryl methyl sites for hydroxylation is 1. The molecular weight excluding hydrogens is 256 g/mol. The van der Waals surface area contributed by atoms with Crippen LogP contribution in [0.5, 0.6) is 0 Å². The molecule has 0 aliphatic carbocycles. The first-order chi connectivity index (χ1) is 8.72. The zero-order chi connectivity index (χ0) is 13.2. The summed E-state index contributed by atoms with van der Waals surface area (Å²) in [6.07, 6.45) is 4.41. The van der Waals surface area contributed by atoms with Gasteiger partial charge in [0.05, 0.1) is 6.33 Å². The Bertz CT molecular complexity index is 380. The van der Waals surface area contributed by atoms with Gasteiger partial charge in [0.15, 0.2) is 5.03 Å². The molecule has 0 fully saturated rings. The molecule has 0 spiro atoms. The molecule has 9 heteroatoms. The molecule has 8 nitrogen and oxygen atoms in total. The van der Waals surface area contributed by atoms with E-state index in [2.05, 4.69) is 25.7 Å². The maximum atomic E-state index is 10.2. The normalized spacial score (nSPS) is 11.3. The summed E-state index contributed by atoms with van der Waals surface area (Å²) in [6.45, 7) is 0.626. The molecule has 0 saturated carbocycles. The van der Waals surface area contributed by atoms with E-state index in [1.165, 1.54) is 0 Å². The van der Waals surface area contributed by atoms with Gasteiger partial charge in [-0.05, 0) is 12.2 Å². The summed E-state index contributed by atoms with van der Waals surface area (Å²) >= 11 is 1.76. The van der Waals surface area contributed by atoms with E-state index in [1.54, 1.807) is 25.1 Å². The molecule has 0 aromatic carbocycles. The topological polar surface area (TPSA) is 108 Å². The fourth-order valence-corrected chi connectivity index (χ4v) is 2.02. The number of rotatable bonds is 7. The van der Waals surface area contributed by atoms with E-state index in [1.807, 2.05) is 6.20 Å². The van der Waals surface area contributed by atoms with Crippen molar-refractivity contribution in [3.63, 3.8) is 0 Å². The van der Waals surface area contributed by atoms with E-state index in [4.69, 9.17) is 0 Å². The number of guanidine groups is 1. The van der Waals surface area contributed by atoms with Crippen molar-refractivity contribution in [2.24, 2.45) is 5.10 Å². The van der Waals surface area contributed by atoms with Crippen LogP contribution in [-0.2, 0) is 6.42 Å². The molecule has 100 valence electrons. The first-order valence-electron chi connectivity index (χ1n) is 5.42. The average Bonchev–Trinajstić information content (AvgIpc) is 2.84. The monoisotopic (exact) mass is 272 g/mol. The van der Waals surface area contributed by atoms with Gasteiger partial charge in [0, 0.05) is 31.2 Å². The van der Waals surface area contributed by atoms with Crippen LogP contribution >= 0.6 is 11.8 Å². The number of hydrogen-bond donors (Lipinski definition) is 3. The van der Waals surface area contributed by atoms with E-state index >= 15 is 0 Å². The first-order valence-corrected chi connectivity index (χ1v) is 6.57. The second kappa shape index (κ2) is 8.34. The van der Waals surface area contributed by atoms with Gasteiger partial charge in [-0.25, -0.2) is 15.1 Å². The fraction of sp³-hybridized carbons (Fsp3) is 0.556. The second-order valence-corrected chi connectivity index (χ2v) is 4.53. The van der Waals surface area contributed by atoms with Crippen LogP contribution in [-0.4, -0.2) is 46.1 Å². The van der Waals surface area contributed by atoms with Crippen molar-refractivity contribution in [2.75, 3.05) is 25.1 Å². The molecule has 0 unspecified atom stereocenters. The summed E-state index contributed by atoms with van der Waals surface area (Å²) in [7, 11) is 1.58. The number of thioether (sulfide) groups is 1. The zero-order valence-electron chi connectivity index (χ0n) is 10.0. The summed E-state index contributed by atoms with van der Waals surface area (Å²) in [5.74, 6) is 2.01. The van der Waals surface area contributed by atoms with E-state index in [0.717, 1.165) is 23.6 Å². The van der Waals surface area contributed by atoms with Crippen LogP contribution in [0, 0.1) is 10.1 Å². The third kappa shape index (κ3) is 6.09. The molecule has 0 bridgehead atoms. The smallest absolute Gasteiger partial charge is 0.268 e. The minimum atomic E-state index is -0.732. The standard InChI is InChI=1S/C9H16N6O2S/c1-10-9(14-15(16)17)12-3-5-18-4-2-8-6-11-7-13-8/h6-7H,2-5H2,1H3,(H,11,13)(H2,10,12,14). The van der Waals surface area contributed by atoms with Crippen molar-refractivity contribution >= 4 is 17.7 Å². The van der Waals surface area contributed by atoms with Crippen molar-refractivity contribution in [3.05, 3.63) is 28.3 Å². The molecule has 3 N–H and O–H groups in total. The van der Waals surface area contributed by atoms with E-state index in [9.17, 15) is 10.1 Å². The van der Waals surface area contributed by atoms with E-state index in [-0.39, 0.29) is 5.96 Å². The minimum Gasteiger partial charge on any atom is -0.354 e. The number of nitrogens with zero attached hydrogens (tertiary/aromatic N) is 3.